The number of carbonyl (C=O) groups is 3. The van der Waals surface area contributed by atoms with Gasteiger partial charge in [0.1, 0.15) is 0 Å². The van der Waals surface area contributed by atoms with Gasteiger partial charge in [0.25, 0.3) is 0 Å². The fourth-order valence-electron chi connectivity index (χ4n) is 5.14. The van der Waals surface area contributed by atoms with Crippen LogP contribution in [0.15, 0.2) is 18.2 Å². The van der Waals surface area contributed by atoms with Crippen molar-refractivity contribution in [2.24, 2.45) is 11.3 Å². The van der Waals surface area contributed by atoms with E-state index in [1.165, 1.54) is 0 Å². The molecule has 0 radical (unpaired) electrons. The lowest BCUT2D eigenvalue weighted by Gasteiger charge is -2.40. The van der Waals surface area contributed by atoms with Gasteiger partial charge in [0.15, 0.2) is 0 Å². The lowest BCUT2D eigenvalue weighted by Crippen LogP contribution is -2.59. The van der Waals surface area contributed by atoms with Crippen LogP contribution in [0.2, 0.25) is 0 Å². The van der Waals surface area contributed by atoms with Gasteiger partial charge in [-0.3, -0.25) is 14.8 Å². The minimum Gasteiger partial charge on any atom is -0.478 e. The number of likely N-dealkylation sites (tertiary alicyclic amines) is 1. The molecule has 2 amide bonds. The zero-order chi connectivity index (χ0) is 21.5. The molecule has 1 aromatic rings. The van der Waals surface area contributed by atoms with Crippen LogP contribution in [0.1, 0.15) is 59.5 Å². The molecule has 0 bridgehead atoms. The number of benzene rings is 1. The number of amides is 2. The van der Waals surface area contributed by atoms with E-state index in [4.69, 9.17) is 10.3 Å². The van der Waals surface area contributed by atoms with E-state index in [0.29, 0.717) is 19.5 Å². The topological polar surface area (TPSA) is 119 Å². The van der Waals surface area contributed by atoms with Gasteiger partial charge in [0.05, 0.1) is 17.5 Å². The molecule has 2 atom stereocenters. The molecule has 162 valence electrons. The van der Waals surface area contributed by atoms with Crippen LogP contribution in [0.4, 0.5) is 0 Å². The van der Waals surface area contributed by atoms with Crippen molar-refractivity contribution >= 4 is 17.8 Å². The van der Waals surface area contributed by atoms with Crippen LogP contribution in [-0.4, -0.2) is 58.7 Å². The van der Waals surface area contributed by atoms with Crippen LogP contribution in [0, 0.1) is 18.3 Å². The van der Waals surface area contributed by atoms with Gasteiger partial charge in [0.2, 0.25) is 11.8 Å². The number of carbonyl (C=O) groups excluding carboxylic acids is 2. The predicted octanol–water partition coefficient (Wildman–Crippen LogP) is 1.66. The molecule has 2 saturated heterocycles. The van der Waals surface area contributed by atoms with Crippen LogP contribution in [-0.2, 0) is 9.59 Å². The second kappa shape index (κ2) is 8.00. The molecule has 2 heterocycles. The second-order valence-corrected chi connectivity index (χ2v) is 9.12. The molecule has 1 spiro atoms. The van der Waals surface area contributed by atoms with Crippen molar-refractivity contribution in [3.63, 3.8) is 0 Å². The average molecular weight is 415 g/mol. The van der Waals surface area contributed by atoms with Gasteiger partial charge in [-0.1, -0.05) is 6.07 Å². The number of aryl methyl sites for hydroxylation is 1. The number of carboxylic acid groups (broad SMARTS) is 1. The first-order valence-corrected chi connectivity index (χ1v) is 10.6. The van der Waals surface area contributed by atoms with E-state index >= 15 is 0 Å². The molecular formula is C22H29N3O5. The fourth-order valence-corrected chi connectivity index (χ4v) is 5.14. The molecule has 8 heteroatoms. The van der Waals surface area contributed by atoms with E-state index in [-0.39, 0.29) is 22.8 Å². The normalized spacial score (nSPS) is 25.7. The fraction of sp³-hybridized carbons (Fsp3) is 0.591. The van der Waals surface area contributed by atoms with Gasteiger partial charge < -0.3 is 15.3 Å². The van der Waals surface area contributed by atoms with E-state index in [1.54, 1.807) is 17.6 Å². The highest BCUT2D eigenvalue weighted by atomic mass is 16.5. The summed E-state index contributed by atoms with van der Waals surface area (Å²) in [5.74, 6) is -1.77. The Morgan fingerprint density at radius 1 is 1.20 bits per heavy atom. The first-order valence-electron chi connectivity index (χ1n) is 10.6. The highest BCUT2D eigenvalue weighted by Crippen LogP contribution is 2.52. The number of rotatable bonds is 4. The number of piperidine rings is 2. The molecule has 2 aliphatic heterocycles. The van der Waals surface area contributed by atoms with Gasteiger partial charge in [-0.2, -0.15) is 0 Å². The largest absolute Gasteiger partial charge is 0.478 e. The van der Waals surface area contributed by atoms with E-state index in [9.17, 15) is 14.4 Å². The number of nitrogens with zero attached hydrogens (tertiary/aromatic N) is 1. The average Bonchev–Trinajstić information content (AvgIpc) is 3.51. The maximum absolute atomic E-state index is 13.2. The van der Waals surface area contributed by atoms with Gasteiger partial charge >= 0.3 is 5.97 Å². The maximum Gasteiger partial charge on any atom is 0.335 e. The van der Waals surface area contributed by atoms with Gasteiger partial charge in [0, 0.05) is 19.6 Å². The van der Waals surface area contributed by atoms with Crippen molar-refractivity contribution in [2.45, 2.75) is 51.0 Å². The van der Waals surface area contributed by atoms with Crippen molar-refractivity contribution in [3.8, 4) is 0 Å². The number of hydrogen-bond acceptors (Lipinski definition) is 5. The first-order chi connectivity index (χ1) is 14.3. The van der Waals surface area contributed by atoms with Crippen LogP contribution < -0.4 is 10.8 Å². The van der Waals surface area contributed by atoms with Crippen LogP contribution >= 0.6 is 0 Å². The van der Waals surface area contributed by atoms with Crippen molar-refractivity contribution in [2.75, 3.05) is 19.6 Å². The summed E-state index contributed by atoms with van der Waals surface area (Å²) in [5.41, 5.74) is 4.24. The summed E-state index contributed by atoms with van der Waals surface area (Å²) in [7, 11) is 0. The summed E-state index contributed by atoms with van der Waals surface area (Å²) in [6.07, 6.45) is 4.34. The van der Waals surface area contributed by atoms with Crippen LogP contribution in [0.5, 0.6) is 0 Å². The molecule has 1 saturated carbocycles. The quantitative estimate of drug-likeness (QED) is 0.439. The van der Waals surface area contributed by atoms with E-state index in [0.717, 1.165) is 43.4 Å². The Morgan fingerprint density at radius 3 is 2.47 bits per heavy atom. The molecule has 1 aliphatic carbocycles. The van der Waals surface area contributed by atoms with Crippen molar-refractivity contribution in [1.29, 1.82) is 0 Å². The van der Waals surface area contributed by atoms with Crippen LogP contribution in [0.25, 0.3) is 0 Å². The number of hydrogen-bond donors (Lipinski definition) is 4. The third kappa shape index (κ3) is 3.94. The smallest absolute Gasteiger partial charge is 0.335 e. The molecule has 4 rings (SSSR count). The van der Waals surface area contributed by atoms with Gasteiger partial charge in [-0.25, -0.2) is 10.3 Å². The maximum atomic E-state index is 13.2. The molecule has 2 unspecified atom stereocenters. The third-order valence-electron chi connectivity index (χ3n) is 7.19. The Morgan fingerprint density at radius 2 is 1.90 bits per heavy atom. The molecule has 1 aromatic carbocycles. The number of hydroxylamine groups is 1. The van der Waals surface area contributed by atoms with Crippen molar-refractivity contribution < 1.29 is 24.7 Å². The molecule has 3 aliphatic rings. The molecule has 3 fully saturated rings. The van der Waals surface area contributed by atoms with E-state index < -0.39 is 23.8 Å². The summed E-state index contributed by atoms with van der Waals surface area (Å²) in [6.45, 7) is 3.86. The van der Waals surface area contributed by atoms with Crippen molar-refractivity contribution in [3.05, 3.63) is 34.9 Å². The number of nitrogens with one attached hydrogen (secondary N) is 2. The Hall–Kier alpha value is -2.45. The first kappa shape index (κ1) is 20.8. The minimum absolute atomic E-state index is 0.0736. The zero-order valence-electron chi connectivity index (χ0n) is 17.2. The molecule has 30 heavy (non-hydrogen) atoms. The second-order valence-electron chi connectivity index (χ2n) is 9.12. The van der Waals surface area contributed by atoms with Gasteiger partial charge in [-0.15, -0.1) is 0 Å². The lowest BCUT2D eigenvalue weighted by atomic mass is 9.80. The summed E-state index contributed by atoms with van der Waals surface area (Å²) in [4.78, 5) is 38.4. The summed E-state index contributed by atoms with van der Waals surface area (Å²) < 4.78 is 0. The predicted molar refractivity (Wildman–Crippen MR) is 108 cm³/mol. The molecular weight excluding hydrogens is 386 g/mol. The van der Waals surface area contributed by atoms with Crippen LogP contribution in [0.3, 0.4) is 0 Å². The Balaban J connectivity index is 1.40. The molecule has 0 aromatic heterocycles. The zero-order valence-corrected chi connectivity index (χ0v) is 17.2. The number of carboxylic acids is 1. The lowest BCUT2D eigenvalue weighted by molar-refractivity contribution is -0.145. The summed E-state index contributed by atoms with van der Waals surface area (Å²) in [5, 5.41) is 21.6. The molecule has 8 nitrogen and oxygen atoms in total. The third-order valence-corrected chi connectivity index (χ3v) is 7.19. The van der Waals surface area contributed by atoms with Gasteiger partial charge in [-0.05, 0) is 73.6 Å². The van der Waals surface area contributed by atoms with E-state index in [2.05, 4.69) is 5.32 Å². The Labute approximate surface area is 175 Å². The summed E-state index contributed by atoms with van der Waals surface area (Å²) >= 11 is 0. The highest BCUT2D eigenvalue weighted by Gasteiger charge is 2.52. The highest BCUT2D eigenvalue weighted by molar-refractivity contribution is 5.90. The number of aromatic carboxylic acids is 1. The standard InChI is InChI=1S/C22H29N3O5/c1-13-10-15(21(28)29)2-3-16(13)14-4-8-25(9-5-14)20(27)18-17(19(26)24-30)11-22(6-7-22)12-23-18/h2-3,10,14,17-18,23,30H,4-9,11-12H2,1H3,(H,24,26)(H,28,29). The monoisotopic (exact) mass is 415 g/mol. The SMILES string of the molecule is Cc1cc(C(=O)O)ccc1C1CCN(C(=O)C2NCC3(CC3)CC2C(=O)NO)CC1. The summed E-state index contributed by atoms with van der Waals surface area (Å²) in [6, 6.07) is 4.63. The minimum atomic E-state index is -0.931. The Bertz CT molecular complexity index is 858. The molecule has 4 N–H and O–H groups in total. The van der Waals surface area contributed by atoms with E-state index in [1.807, 2.05) is 17.9 Å². The van der Waals surface area contributed by atoms with Crippen molar-refractivity contribution in [1.82, 2.24) is 15.7 Å². The Kier molecular flexibility index (Phi) is 5.55.